The van der Waals surface area contributed by atoms with Gasteiger partial charge in [0.2, 0.25) is 0 Å². The summed E-state index contributed by atoms with van der Waals surface area (Å²) < 4.78 is 0. The van der Waals surface area contributed by atoms with Crippen molar-refractivity contribution in [3.8, 4) is 0 Å². The number of rotatable bonds is 4. The van der Waals surface area contributed by atoms with Gasteiger partial charge in [0.25, 0.3) is 5.69 Å². The molecule has 16 heavy (non-hydrogen) atoms. The van der Waals surface area contributed by atoms with Crippen LogP contribution in [-0.2, 0) is 0 Å². The van der Waals surface area contributed by atoms with Crippen molar-refractivity contribution in [3.63, 3.8) is 0 Å². The minimum atomic E-state index is -1.09. The van der Waals surface area contributed by atoms with Crippen molar-refractivity contribution in [3.05, 3.63) is 46.0 Å². The van der Waals surface area contributed by atoms with E-state index in [9.17, 15) is 14.9 Å². The standard InChI is InChI=1S/C10H10N2O4/c13-10(14)11-7-1-2-8-3-5-9(6-4-8)12(15)16/h1-6,11H,7H2,(H,13,14)/b2-1+. The lowest BCUT2D eigenvalue weighted by molar-refractivity contribution is -0.384. The average molecular weight is 222 g/mol. The summed E-state index contributed by atoms with van der Waals surface area (Å²) in [6.07, 6.45) is 2.21. The van der Waals surface area contributed by atoms with Crippen molar-refractivity contribution < 1.29 is 14.8 Å². The molecule has 0 unspecified atom stereocenters. The second-order valence-electron chi connectivity index (χ2n) is 2.94. The Bertz CT molecular complexity index is 411. The van der Waals surface area contributed by atoms with Gasteiger partial charge in [-0.05, 0) is 17.7 Å². The number of hydrogen-bond acceptors (Lipinski definition) is 3. The summed E-state index contributed by atoms with van der Waals surface area (Å²) >= 11 is 0. The van der Waals surface area contributed by atoms with Crippen LogP contribution in [-0.4, -0.2) is 22.7 Å². The fourth-order valence-corrected chi connectivity index (χ4v) is 1.05. The molecule has 0 bridgehead atoms. The lowest BCUT2D eigenvalue weighted by Gasteiger charge is -1.95. The fourth-order valence-electron chi connectivity index (χ4n) is 1.05. The highest BCUT2D eigenvalue weighted by molar-refractivity contribution is 5.65. The molecule has 1 aromatic rings. The Morgan fingerprint density at radius 2 is 2.06 bits per heavy atom. The lowest BCUT2D eigenvalue weighted by atomic mass is 10.2. The third-order valence-electron chi connectivity index (χ3n) is 1.79. The molecule has 0 atom stereocenters. The SMILES string of the molecule is O=C(O)NC/C=C/c1ccc([N+](=O)[O-])cc1. The maximum Gasteiger partial charge on any atom is 0.404 e. The Hall–Kier alpha value is -2.37. The van der Waals surface area contributed by atoms with Gasteiger partial charge in [-0.2, -0.15) is 0 Å². The molecule has 2 N–H and O–H groups in total. The molecule has 0 heterocycles. The zero-order valence-corrected chi connectivity index (χ0v) is 8.29. The van der Waals surface area contributed by atoms with Crippen LogP contribution in [0.5, 0.6) is 0 Å². The van der Waals surface area contributed by atoms with E-state index < -0.39 is 11.0 Å². The number of nitrogens with zero attached hydrogens (tertiary/aromatic N) is 1. The summed E-state index contributed by atoms with van der Waals surface area (Å²) in [4.78, 5) is 20.0. The Balaban J connectivity index is 2.55. The van der Waals surface area contributed by atoms with Gasteiger partial charge in [-0.3, -0.25) is 10.1 Å². The summed E-state index contributed by atoms with van der Waals surface area (Å²) in [6.45, 7) is 0.201. The van der Waals surface area contributed by atoms with Gasteiger partial charge >= 0.3 is 6.09 Å². The smallest absolute Gasteiger partial charge is 0.404 e. The van der Waals surface area contributed by atoms with Gasteiger partial charge in [0.15, 0.2) is 0 Å². The molecular weight excluding hydrogens is 212 g/mol. The first-order valence-electron chi connectivity index (χ1n) is 4.47. The first kappa shape index (κ1) is 11.7. The first-order chi connectivity index (χ1) is 7.59. The van der Waals surface area contributed by atoms with E-state index in [1.54, 1.807) is 24.3 Å². The van der Waals surface area contributed by atoms with Gasteiger partial charge < -0.3 is 10.4 Å². The monoisotopic (exact) mass is 222 g/mol. The van der Waals surface area contributed by atoms with Crippen LogP contribution < -0.4 is 5.32 Å². The molecule has 1 rings (SSSR count). The van der Waals surface area contributed by atoms with Crippen molar-refractivity contribution >= 4 is 17.9 Å². The minimum Gasteiger partial charge on any atom is -0.465 e. The molecule has 0 aromatic heterocycles. The Labute approximate surface area is 91.4 Å². The van der Waals surface area contributed by atoms with Crippen LogP contribution in [0.3, 0.4) is 0 Å². The number of nitro benzene ring substituents is 1. The summed E-state index contributed by atoms with van der Waals surface area (Å²) in [5.74, 6) is 0. The van der Waals surface area contributed by atoms with Crippen LogP contribution in [0.25, 0.3) is 6.08 Å². The topological polar surface area (TPSA) is 92.5 Å². The van der Waals surface area contributed by atoms with Crippen molar-refractivity contribution in [1.29, 1.82) is 0 Å². The molecule has 1 amide bonds. The number of nitro groups is 1. The van der Waals surface area contributed by atoms with E-state index in [4.69, 9.17) is 5.11 Å². The van der Waals surface area contributed by atoms with Crippen molar-refractivity contribution in [2.45, 2.75) is 0 Å². The number of carboxylic acid groups (broad SMARTS) is 1. The molecule has 6 heteroatoms. The maximum absolute atomic E-state index is 10.4. The Morgan fingerprint density at radius 3 is 2.56 bits per heavy atom. The van der Waals surface area contributed by atoms with Gasteiger partial charge in [-0.25, -0.2) is 4.79 Å². The quantitative estimate of drug-likeness (QED) is 0.600. The highest BCUT2D eigenvalue weighted by Gasteiger charge is 2.01. The summed E-state index contributed by atoms with van der Waals surface area (Å²) in [6, 6.07) is 5.97. The third-order valence-corrected chi connectivity index (χ3v) is 1.79. The number of carbonyl (C=O) groups is 1. The molecule has 0 spiro atoms. The van der Waals surface area contributed by atoms with Crippen LogP contribution in [0.4, 0.5) is 10.5 Å². The molecule has 0 fully saturated rings. The highest BCUT2D eigenvalue weighted by Crippen LogP contribution is 2.12. The van der Waals surface area contributed by atoms with Crippen LogP contribution in [0.15, 0.2) is 30.3 Å². The number of amides is 1. The minimum absolute atomic E-state index is 0.0285. The van der Waals surface area contributed by atoms with Crippen LogP contribution in [0.1, 0.15) is 5.56 Å². The lowest BCUT2D eigenvalue weighted by Crippen LogP contribution is -2.20. The number of hydrogen-bond donors (Lipinski definition) is 2. The van der Waals surface area contributed by atoms with E-state index in [0.717, 1.165) is 5.56 Å². The molecular formula is C10H10N2O4. The third kappa shape index (κ3) is 3.79. The second-order valence-corrected chi connectivity index (χ2v) is 2.94. The van der Waals surface area contributed by atoms with Crippen molar-refractivity contribution in [2.24, 2.45) is 0 Å². The fraction of sp³-hybridized carbons (Fsp3) is 0.100. The van der Waals surface area contributed by atoms with Gasteiger partial charge in [0.05, 0.1) is 4.92 Å². The van der Waals surface area contributed by atoms with Crippen LogP contribution >= 0.6 is 0 Å². The molecule has 0 aliphatic heterocycles. The van der Waals surface area contributed by atoms with E-state index in [0.29, 0.717) is 0 Å². The molecule has 84 valence electrons. The first-order valence-corrected chi connectivity index (χ1v) is 4.47. The second kappa shape index (κ2) is 5.50. The predicted molar refractivity (Wildman–Crippen MR) is 58.2 cm³/mol. The zero-order chi connectivity index (χ0) is 12.0. The maximum atomic E-state index is 10.4. The molecule has 0 saturated heterocycles. The molecule has 0 radical (unpaired) electrons. The van der Waals surface area contributed by atoms with E-state index in [-0.39, 0.29) is 12.2 Å². The van der Waals surface area contributed by atoms with Crippen LogP contribution in [0.2, 0.25) is 0 Å². The average Bonchev–Trinajstić information content (AvgIpc) is 2.25. The number of benzene rings is 1. The normalized spacial score (nSPS) is 10.2. The summed E-state index contributed by atoms with van der Waals surface area (Å²) in [5.41, 5.74) is 0.804. The highest BCUT2D eigenvalue weighted by atomic mass is 16.6. The molecule has 0 aliphatic rings. The molecule has 0 aliphatic carbocycles. The van der Waals surface area contributed by atoms with Gasteiger partial charge in [0, 0.05) is 18.7 Å². The molecule has 6 nitrogen and oxygen atoms in total. The van der Waals surface area contributed by atoms with Gasteiger partial charge in [-0.1, -0.05) is 12.2 Å². The van der Waals surface area contributed by atoms with E-state index in [2.05, 4.69) is 5.32 Å². The Kier molecular flexibility index (Phi) is 4.02. The molecule has 0 saturated carbocycles. The van der Waals surface area contributed by atoms with E-state index >= 15 is 0 Å². The van der Waals surface area contributed by atoms with E-state index in [1.807, 2.05) is 0 Å². The van der Waals surface area contributed by atoms with Crippen molar-refractivity contribution in [1.82, 2.24) is 5.32 Å². The largest absolute Gasteiger partial charge is 0.465 e. The van der Waals surface area contributed by atoms with Crippen LogP contribution in [0, 0.1) is 10.1 Å². The van der Waals surface area contributed by atoms with Gasteiger partial charge in [-0.15, -0.1) is 0 Å². The van der Waals surface area contributed by atoms with E-state index in [1.165, 1.54) is 12.1 Å². The zero-order valence-electron chi connectivity index (χ0n) is 8.29. The number of nitrogens with one attached hydrogen (secondary N) is 1. The summed E-state index contributed by atoms with van der Waals surface area (Å²) in [5, 5.41) is 20.8. The van der Waals surface area contributed by atoms with Gasteiger partial charge in [0.1, 0.15) is 0 Å². The number of non-ortho nitro benzene ring substituents is 1. The summed E-state index contributed by atoms with van der Waals surface area (Å²) in [7, 11) is 0. The predicted octanol–water partition coefficient (Wildman–Crippen LogP) is 1.88. The van der Waals surface area contributed by atoms with Crippen molar-refractivity contribution in [2.75, 3.05) is 6.54 Å². The molecule has 1 aromatic carbocycles. The Morgan fingerprint density at radius 1 is 1.44 bits per heavy atom.